The third-order valence-corrected chi connectivity index (χ3v) is 3.58. The molecule has 0 spiro atoms. The molecule has 1 aromatic rings. The fourth-order valence-electron chi connectivity index (χ4n) is 2.51. The maximum absolute atomic E-state index is 5.96. The number of methoxy groups -OCH3 is 1. The van der Waals surface area contributed by atoms with Crippen LogP contribution in [0.4, 0.5) is 5.82 Å². The summed E-state index contributed by atoms with van der Waals surface area (Å²) in [6.07, 6.45) is 3.94. The zero-order chi connectivity index (χ0) is 13.0. The standard InChI is InChI=1S/C13H20ClN3O/c1-9-3-4-10(5-9)7-15-12-6-11(14)16-13(17-12)8-18-2/h6,9-10H,3-5,7-8H2,1-2H3,(H,15,16,17). The van der Waals surface area contributed by atoms with Crippen molar-refractivity contribution < 1.29 is 4.74 Å². The summed E-state index contributed by atoms with van der Waals surface area (Å²) < 4.78 is 5.02. The number of halogens is 1. The quantitative estimate of drug-likeness (QED) is 0.835. The molecule has 2 rings (SSSR count). The van der Waals surface area contributed by atoms with Crippen molar-refractivity contribution >= 4 is 17.4 Å². The molecule has 0 aromatic carbocycles. The molecule has 0 bridgehead atoms. The van der Waals surface area contributed by atoms with Gasteiger partial charge in [0.25, 0.3) is 0 Å². The molecule has 1 heterocycles. The van der Waals surface area contributed by atoms with E-state index in [1.807, 2.05) is 0 Å². The lowest BCUT2D eigenvalue weighted by Gasteiger charge is -2.12. The molecule has 1 aliphatic rings. The average molecular weight is 270 g/mol. The van der Waals surface area contributed by atoms with Crippen LogP contribution in [0.3, 0.4) is 0 Å². The molecule has 1 fully saturated rings. The highest BCUT2D eigenvalue weighted by atomic mass is 35.5. The number of hydrogen-bond acceptors (Lipinski definition) is 4. The van der Waals surface area contributed by atoms with Gasteiger partial charge in [-0.2, -0.15) is 0 Å². The average Bonchev–Trinajstić information content (AvgIpc) is 2.72. The van der Waals surface area contributed by atoms with Crippen LogP contribution in [0.2, 0.25) is 5.15 Å². The number of nitrogens with zero attached hydrogens (tertiary/aromatic N) is 2. The first-order valence-corrected chi connectivity index (χ1v) is 6.81. The summed E-state index contributed by atoms with van der Waals surface area (Å²) in [4.78, 5) is 8.48. The Morgan fingerprint density at radius 3 is 2.94 bits per heavy atom. The van der Waals surface area contributed by atoms with Crippen LogP contribution in [0.15, 0.2) is 6.07 Å². The molecule has 2 atom stereocenters. The largest absolute Gasteiger partial charge is 0.377 e. The Bertz CT molecular complexity index is 400. The third kappa shape index (κ3) is 3.82. The summed E-state index contributed by atoms with van der Waals surface area (Å²) in [5, 5.41) is 3.81. The van der Waals surface area contributed by atoms with Crippen LogP contribution in [0.1, 0.15) is 32.0 Å². The van der Waals surface area contributed by atoms with Gasteiger partial charge in [0, 0.05) is 19.7 Å². The minimum atomic E-state index is 0.385. The van der Waals surface area contributed by atoms with Gasteiger partial charge in [0.2, 0.25) is 0 Å². The maximum Gasteiger partial charge on any atom is 0.158 e. The number of anilines is 1. The Morgan fingerprint density at radius 1 is 1.44 bits per heavy atom. The van der Waals surface area contributed by atoms with Gasteiger partial charge in [-0.25, -0.2) is 9.97 Å². The highest BCUT2D eigenvalue weighted by molar-refractivity contribution is 6.29. The van der Waals surface area contributed by atoms with Gasteiger partial charge in [-0.1, -0.05) is 24.9 Å². The van der Waals surface area contributed by atoms with E-state index in [1.165, 1.54) is 19.3 Å². The van der Waals surface area contributed by atoms with Crippen molar-refractivity contribution in [2.45, 2.75) is 32.8 Å². The van der Waals surface area contributed by atoms with Crippen molar-refractivity contribution in [3.63, 3.8) is 0 Å². The van der Waals surface area contributed by atoms with Gasteiger partial charge in [0.15, 0.2) is 5.82 Å². The molecule has 1 N–H and O–H groups in total. The molecular formula is C13H20ClN3O. The van der Waals surface area contributed by atoms with Gasteiger partial charge in [0.1, 0.15) is 17.6 Å². The molecule has 18 heavy (non-hydrogen) atoms. The van der Waals surface area contributed by atoms with Crippen molar-refractivity contribution in [2.75, 3.05) is 19.0 Å². The first-order chi connectivity index (χ1) is 8.67. The molecule has 100 valence electrons. The second kappa shape index (κ2) is 6.34. The van der Waals surface area contributed by atoms with Crippen molar-refractivity contribution in [3.05, 3.63) is 17.0 Å². The lowest BCUT2D eigenvalue weighted by Crippen LogP contribution is -2.13. The third-order valence-electron chi connectivity index (χ3n) is 3.39. The van der Waals surface area contributed by atoms with E-state index in [0.29, 0.717) is 17.6 Å². The van der Waals surface area contributed by atoms with Crippen molar-refractivity contribution in [2.24, 2.45) is 11.8 Å². The monoisotopic (exact) mass is 269 g/mol. The van der Waals surface area contributed by atoms with E-state index in [0.717, 1.165) is 24.2 Å². The Kier molecular flexibility index (Phi) is 4.78. The fraction of sp³-hybridized carbons (Fsp3) is 0.692. The molecule has 1 aliphatic carbocycles. The minimum absolute atomic E-state index is 0.385. The molecule has 1 aromatic heterocycles. The van der Waals surface area contributed by atoms with E-state index in [-0.39, 0.29) is 0 Å². The highest BCUT2D eigenvalue weighted by Crippen LogP contribution is 2.30. The van der Waals surface area contributed by atoms with Gasteiger partial charge >= 0.3 is 0 Å². The number of hydrogen-bond donors (Lipinski definition) is 1. The molecule has 0 saturated heterocycles. The van der Waals surface area contributed by atoms with Gasteiger partial charge in [-0.3, -0.25) is 0 Å². The minimum Gasteiger partial charge on any atom is -0.377 e. The Balaban J connectivity index is 1.92. The molecule has 0 amide bonds. The lowest BCUT2D eigenvalue weighted by molar-refractivity contribution is 0.178. The van der Waals surface area contributed by atoms with Crippen LogP contribution in [0.25, 0.3) is 0 Å². The van der Waals surface area contributed by atoms with Gasteiger partial charge in [0.05, 0.1) is 0 Å². The van der Waals surface area contributed by atoms with Crippen molar-refractivity contribution in [1.29, 1.82) is 0 Å². The molecule has 0 aliphatic heterocycles. The zero-order valence-corrected chi connectivity index (χ0v) is 11.7. The van der Waals surface area contributed by atoms with E-state index >= 15 is 0 Å². The van der Waals surface area contributed by atoms with E-state index < -0.39 is 0 Å². The fourth-order valence-corrected chi connectivity index (χ4v) is 2.71. The number of rotatable bonds is 5. The van der Waals surface area contributed by atoms with Gasteiger partial charge in [-0.15, -0.1) is 0 Å². The van der Waals surface area contributed by atoms with Crippen LogP contribution in [-0.4, -0.2) is 23.6 Å². The number of aromatic nitrogens is 2. The van der Waals surface area contributed by atoms with Gasteiger partial charge in [-0.05, 0) is 24.7 Å². The summed E-state index contributed by atoms with van der Waals surface area (Å²) in [6, 6.07) is 1.76. The van der Waals surface area contributed by atoms with Crippen molar-refractivity contribution in [1.82, 2.24) is 9.97 Å². The van der Waals surface area contributed by atoms with E-state index in [1.54, 1.807) is 13.2 Å². The molecule has 4 nitrogen and oxygen atoms in total. The molecule has 0 radical (unpaired) electrons. The number of ether oxygens (including phenoxy) is 1. The highest BCUT2D eigenvalue weighted by Gasteiger charge is 2.21. The van der Waals surface area contributed by atoms with Crippen LogP contribution in [0, 0.1) is 11.8 Å². The second-order valence-electron chi connectivity index (χ2n) is 5.09. The topological polar surface area (TPSA) is 47.0 Å². The normalized spacial score (nSPS) is 23.3. The number of nitrogens with one attached hydrogen (secondary N) is 1. The predicted molar refractivity (Wildman–Crippen MR) is 72.7 cm³/mol. The summed E-state index contributed by atoms with van der Waals surface area (Å²) in [5.41, 5.74) is 0. The smallest absolute Gasteiger partial charge is 0.158 e. The Hall–Kier alpha value is -0.870. The first-order valence-electron chi connectivity index (χ1n) is 6.43. The van der Waals surface area contributed by atoms with Crippen LogP contribution >= 0.6 is 11.6 Å². The van der Waals surface area contributed by atoms with Crippen LogP contribution in [0.5, 0.6) is 0 Å². The lowest BCUT2D eigenvalue weighted by atomic mass is 10.1. The Morgan fingerprint density at radius 2 is 2.28 bits per heavy atom. The van der Waals surface area contributed by atoms with Gasteiger partial charge < -0.3 is 10.1 Å². The molecule has 5 heteroatoms. The SMILES string of the molecule is COCc1nc(Cl)cc(NCC2CCC(C)C2)n1. The maximum atomic E-state index is 5.96. The van der Waals surface area contributed by atoms with E-state index in [2.05, 4.69) is 22.2 Å². The van der Waals surface area contributed by atoms with Crippen LogP contribution in [-0.2, 0) is 11.3 Å². The first kappa shape index (κ1) is 13.6. The molecule has 1 saturated carbocycles. The summed E-state index contributed by atoms with van der Waals surface area (Å²) >= 11 is 5.96. The predicted octanol–water partition coefficient (Wildman–Crippen LogP) is 3.12. The Labute approximate surface area is 113 Å². The van der Waals surface area contributed by atoms with E-state index in [4.69, 9.17) is 16.3 Å². The molecular weight excluding hydrogens is 250 g/mol. The zero-order valence-electron chi connectivity index (χ0n) is 10.9. The van der Waals surface area contributed by atoms with Crippen molar-refractivity contribution in [3.8, 4) is 0 Å². The second-order valence-corrected chi connectivity index (χ2v) is 5.48. The van der Waals surface area contributed by atoms with E-state index in [9.17, 15) is 0 Å². The molecule has 2 unspecified atom stereocenters. The van der Waals surface area contributed by atoms with Crippen LogP contribution < -0.4 is 5.32 Å². The summed E-state index contributed by atoms with van der Waals surface area (Å²) in [5.74, 6) is 3.02. The summed E-state index contributed by atoms with van der Waals surface area (Å²) in [7, 11) is 1.62. The summed E-state index contributed by atoms with van der Waals surface area (Å²) in [6.45, 7) is 3.66.